The minimum absolute atomic E-state index is 0.00485. The van der Waals surface area contributed by atoms with E-state index < -0.39 is 6.10 Å². The number of amides is 2. The molecule has 2 saturated carbocycles. The highest BCUT2D eigenvalue weighted by Crippen LogP contribution is 2.55. The van der Waals surface area contributed by atoms with Gasteiger partial charge in [0.2, 0.25) is 11.8 Å². The first-order valence-electron chi connectivity index (χ1n) is 12.4. The van der Waals surface area contributed by atoms with Crippen LogP contribution in [0.1, 0.15) is 58.4 Å². The number of hydrogen-bond acceptors (Lipinski definition) is 4. The number of rotatable bonds is 8. The highest BCUT2D eigenvalue weighted by Gasteiger charge is 2.54. The van der Waals surface area contributed by atoms with Gasteiger partial charge in [-0.15, -0.1) is 0 Å². The summed E-state index contributed by atoms with van der Waals surface area (Å²) < 4.78 is 5.03. The largest absolute Gasteiger partial charge is 0.392 e. The van der Waals surface area contributed by atoms with E-state index in [0.29, 0.717) is 19.6 Å². The molecule has 1 aromatic carbocycles. The maximum atomic E-state index is 13.3. The predicted octanol–water partition coefficient (Wildman–Crippen LogP) is 3.63. The van der Waals surface area contributed by atoms with E-state index in [-0.39, 0.29) is 46.9 Å². The van der Waals surface area contributed by atoms with Crippen LogP contribution in [0.15, 0.2) is 30.3 Å². The number of nitrogens with one attached hydrogen (secondary N) is 1. The molecule has 0 unspecified atom stereocenters. The number of methoxy groups -OCH3 is 1. The van der Waals surface area contributed by atoms with E-state index in [4.69, 9.17) is 4.74 Å². The Bertz CT molecular complexity index is 801. The third kappa shape index (κ3) is 5.78. The molecule has 3 rings (SSSR count). The van der Waals surface area contributed by atoms with Crippen molar-refractivity contribution in [2.45, 2.75) is 71.6 Å². The van der Waals surface area contributed by atoms with E-state index in [9.17, 15) is 14.7 Å². The van der Waals surface area contributed by atoms with Crippen molar-refractivity contribution < 1.29 is 19.4 Å². The SMILES string of the molecule is COCCC(=O)N[C@H]1CC[C@]2(C)CC[C@@H]([C@H](C)C(=O)N(C)Cc3ccccc3)[C@H](O)[C@H]2[C@@H]1C. The van der Waals surface area contributed by atoms with Crippen LogP contribution in [0.2, 0.25) is 0 Å². The summed E-state index contributed by atoms with van der Waals surface area (Å²) in [6.45, 7) is 7.39. The maximum Gasteiger partial charge on any atom is 0.225 e. The summed E-state index contributed by atoms with van der Waals surface area (Å²) >= 11 is 0. The second-order valence-corrected chi connectivity index (χ2v) is 10.7. The van der Waals surface area contributed by atoms with Gasteiger partial charge in [0.25, 0.3) is 0 Å². The second kappa shape index (κ2) is 11.0. The number of benzene rings is 1. The fourth-order valence-corrected chi connectivity index (χ4v) is 6.44. The Labute approximate surface area is 199 Å². The Morgan fingerprint density at radius 2 is 1.91 bits per heavy atom. The van der Waals surface area contributed by atoms with Crippen LogP contribution in [0.4, 0.5) is 0 Å². The topological polar surface area (TPSA) is 78.9 Å². The highest BCUT2D eigenvalue weighted by molar-refractivity contribution is 5.78. The molecule has 6 nitrogen and oxygen atoms in total. The van der Waals surface area contributed by atoms with E-state index in [0.717, 1.165) is 31.2 Å². The van der Waals surface area contributed by atoms with E-state index in [1.54, 1.807) is 12.0 Å². The van der Waals surface area contributed by atoms with Gasteiger partial charge in [-0.2, -0.15) is 0 Å². The van der Waals surface area contributed by atoms with Crippen LogP contribution >= 0.6 is 0 Å². The lowest BCUT2D eigenvalue weighted by Crippen LogP contribution is -2.58. The Balaban J connectivity index is 1.68. The van der Waals surface area contributed by atoms with Crippen LogP contribution in [0, 0.1) is 29.1 Å². The zero-order valence-electron chi connectivity index (χ0n) is 20.9. The molecule has 7 atom stereocenters. The van der Waals surface area contributed by atoms with Gasteiger partial charge in [-0.1, -0.05) is 51.1 Å². The van der Waals surface area contributed by atoms with E-state index >= 15 is 0 Å². The summed E-state index contributed by atoms with van der Waals surface area (Å²) in [5, 5.41) is 14.8. The summed E-state index contributed by atoms with van der Waals surface area (Å²) in [6, 6.07) is 10.0. The van der Waals surface area contributed by atoms with Crippen molar-refractivity contribution in [3.8, 4) is 0 Å². The second-order valence-electron chi connectivity index (χ2n) is 10.7. The van der Waals surface area contributed by atoms with Crippen molar-refractivity contribution in [3.05, 3.63) is 35.9 Å². The summed E-state index contributed by atoms with van der Waals surface area (Å²) in [5.41, 5.74) is 1.15. The van der Waals surface area contributed by atoms with Gasteiger partial charge in [-0.05, 0) is 54.4 Å². The number of aliphatic hydroxyl groups is 1. The quantitative estimate of drug-likeness (QED) is 0.624. The smallest absolute Gasteiger partial charge is 0.225 e. The molecule has 1 aromatic rings. The molecule has 0 saturated heterocycles. The molecule has 2 aliphatic carbocycles. The number of fused-ring (bicyclic) bond motifs is 1. The van der Waals surface area contributed by atoms with Crippen molar-refractivity contribution in [3.63, 3.8) is 0 Å². The monoisotopic (exact) mass is 458 g/mol. The predicted molar refractivity (Wildman–Crippen MR) is 129 cm³/mol. The lowest BCUT2D eigenvalue weighted by Gasteiger charge is -2.56. The number of ether oxygens (including phenoxy) is 1. The number of hydrogen-bond donors (Lipinski definition) is 2. The minimum Gasteiger partial charge on any atom is -0.392 e. The lowest BCUT2D eigenvalue weighted by atomic mass is 9.51. The Hall–Kier alpha value is -1.92. The van der Waals surface area contributed by atoms with Gasteiger partial charge in [0.15, 0.2) is 0 Å². The summed E-state index contributed by atoms with van der Waals surface area (Å²) in [4.78, 5) is 27.4. The molecule has 6 heteroatoms. The van der Waals surface area contributed by atoms with Crippen LogP contribution in [-0.4, -0.2) is 54.7 Å². The molecule has 0 bridgehead atoms. The molecule has 184 valence electrons. The van der Waals surface area contributed by atoms with Crippen molar-refractivity contribution >= 4 is 11.8 Å². The highest BCUT2D eigenvalue weighted by atomic mass is 16.5. The average molecular weight is 459 g/mol. The molecule has 2 N–H and O–H groups in total. The molecule has 2 amide bonds. The number of nitrogens with zero attached hydrogens (tertiary/aromatic N) is 1. The van der Waals surface area contributed by atoms with E-state index in [1.165, 1.54) is 0 Å². The summed E-state index contributed by atoms with van der Waals surface area (Å²) in [6.07, 6.45) is 3.58. The first kappa shape index (κ1) is 25.7. The van der Waals surface area contributed by atoms with Crippen molar-refractivity contribution in [1.29, 1.82) is 0 Å². The summed E-state index contributed by atoms with van der Waals surface area (Å²) in [5.74, 6) is -0.0178. The van der Waals surface area contributed by atoms with Gasteiger partial charge in [0.05, 0.1) is 12.7 Å². The van der Waals surface area contributed by atoms with Gasteiger partial charge in [-0.3, -0.25) is 9.59 Å². The van der Waals surface area contributed by atoms with Gasteiger partial charge in [0, 0.05) is 39.1 Å². The molecule has 0 radical (unpaired) electrons. The van der Waals surface area contributed by atoms with Crippen LogP contribution < -0.4 is 5.32 Å². The van der Waals surface area contributed by atoms with Crippen molar-refractivity contribution in [2.24, 2.45) is 29.1 Å². The molecule has 2 fully saturated rings. The van der Waals surface area contributed by atoms with Crippen LogP contribution in [0.5, 0.6) is 0 Å². The lowest BCUT2D eigenvalue weighted by molar-refractivity contribution is -0.150. The number of carbonyl (C=O) groups is 2. The van der Waals surface area contributed by atoms with Crippen molar-refractivity contribution in [1.82, 2.24) is 10.2 Å². The summed E-state index contributed by atoms with van der Waals surface area (Å²) in [7, 11) is 3.44. The molecule has 2 aliphatic rings. The van der Waals surface area contributed by atoms with Crippen molar-refractivity contribution in [2.75, 3.05) is 20.8 Å². The van der Waals surface area contributed by atoms with Gasteiger partial charge in [0.1, 0.15) is 0 Å². The Morgan fingerprint density at radius 3 is 2.58 bits per heavy atom. The molecule has 0 spiro atoms. The fourth-order valence-electron chi connectivity index (χ4n) is 6.44. The van der Waals surface area contributed by atoms with Crippen LogP contribution in [-0.2, 0) is 20.9 Å². The normalized spacial score (nSPS) is 32.5. The van der Waals surface area contributed by atoms with Crippen LogP contribution in [0.3, 0.4) is 0 Å². The van der Waals surface area contributed by atoms with E-state index in [1.807, 2.05) is 44.3 Å². The Morgan fingerprint density at radius 1 is 1.24 bits per heavy atom. The zero-order valence-corrected chi connectivity index (χ0v) is 20.9. The maximum absolute atomic E-state index is 13.3. The zero-order chi connectivity index (χ0) is 24.2. The number of carbonyl (C=O) groups excluding carboxylic acids is 2. The molecule has 0 aliphatic heterocycles. The first-order chi connectivity index (χ1) is 15.7. The first-order valence-corrected chi connectivity index (χ1v) is 12.4. The van der Waals surface area contributed by atoms with Gasteiger partial charge < -0.3 is 20.1 Å². The molecular formula is C27H42N2O4. The molecule has 0 heterocycles. The third-order valence-electron chi connectivity index (χ3n) is 8.44. The molecule has 33 heavy (non-hydrogen) atoms. The van der Waals surface area contributed by atoms with Gasteiger partial charge in [-0.25, -0.2) is 0 Å². The van der Waals surface area contributed by atoms with E-state index in [2.05, 4.69) is 19.2 Å². The fraction of sp³-hybridized carbons (Fsp3) is 0.704. The third-order valence-corrected chi connectivity index (χ3v) is 8.44. The number of aliphatic hydroxyl groups excluding tert-OH is 1. The standard InChI is InChI=1S/C27H42N2O4/c1-18(26(32)29(4)17-20-9-7-6-8-10-20)21-11-14-27(3)15-12-22(19(2)24(27)25(21)31)28-23(30)13-16-33-5/h6-10,18-19,21-22,24-25,31H,11-17H2,1-5H3,(H,28,30)/t18-,19+,21-,22-,24+,25-,27-/m0/s1. The minimum atomic E-state index is -0.554. The van der Waals surface area contributed by atoms with Gasteiger partial charge >= 0.3 is 0 Å². The average Bonchev–Trinajstić information content (AvgIpc) is 2.79. The molecule has 0 aromatic heterocycles. The Kier molecular flexibility index (Phi) is 8.57. The van der Waals surface area contributed by atoms with Crippen LogP contribution in [0.25, 0.3) is 0 Å². The molecular weight excluding hydrogens is 416 g/mol.